The molecule has 0 spiro atoms. The van der Waals surface area contributed by atoms with E-state index >= 15 is 0 Å². The molecule has 7 heteroatoms. The zero-order valence-electron chi connectivity index (χ0n) is 16.8. The monoisotopic (exact) mass is 401 g/mol. The van der Waals surface area contributed by atoms with Gasteiger partial charge in [0.1, 0.15) is 5.71 Å². The van der Waals surface area contributed by atoms with Crippen LogP contribution in [-0.4, -0.2) is 33.9 Å². The third-order valence-corrected chi connectivity index (χ3v) is 4.95. The second kappa shape index (κ2) is 8.73. The molecule has 0 radical (unpaired) electrons. The molecule has 2 amide bonds. The molecule has 0 saturated carbocycles. The molecule has 30 heavy (non-hydrogen) atoms. The van der Waals surface area contributed by atoms with Crippen molar-refractivity contribution in [2.45, 2.75) is 26.2 Å². The van der Waals surface area contributed by atoms with Crippen LogP contribution in [0, 0.1) is 6.92 Å². The Labute approximate surface area is 175 Å². The van der Waals surface area contributed by atoms with Crippen LogP contribution in [0.4, 0.5) is 5.69 Å². The van der Waals surface area contributed by atoms with Crippen LogP contribution in [-0.2, 0) is 16.0 Å². The number of amides is 2. The summed E-state index contributed by atoms with van der Waals surface area (Å²) in [6.07, 6.45) is 4.97. The van der Waals surface area contributed by atoms with Gasteiger partial charge in [0.25, 0.3) is 5.91 Å². The molecule has 2 aromatic carbocycles. The Balaban J connectivity index is 1.35. The number of hydrazone groups is 1. The highest BCUT2D eigenvalue weighted by atomic mass is 16.2. The van der Waals surface area contributed by atoms with Crippen molar-refractivity contribution < 1.29 is 9.59 Å². The van der Waals surface area contributed by atoms with Gasteiger partial charge in [0.2, 0.25) is 5.91 Å². The molecule has 1 aliphatic rings. The lowest BCUT2D eigenvalue weighted by Gasteiger charge is -2.23. The van der Waals surface area contributed by atoms with E-state index in [1.54, 1.807) is 10.9 Å². The van der Waals surface area contributed by atoms with Crippen molar-refractivity contribution in [2.75, 3.05) is 11.6 Å². The summed E-state index contributed by atoms with van der Waals surface area (Å²) in [6.45, 7) is 2.45. The van der Waals surface area contributed by atoms with Crippen molar-refractivity contribution in [1.29, 1.82) is 0 Å². The summed E-state index contributed by atoms with van der Waals surface area (Å²) in [5.41, 5.74) is 4.21. The molecule has 0 atom stereocenters. The predicted molar refractivity (Wildman–Crippen MR) is 116 cm³/mol. The number of anilines is 1. The summed E-state index contributed by atoms with van der Waals surface area (Å²) in [5, 5.41) is 12.8. The van der Waals surface area contributed by atoms with Crippen LogP contribution in [0.3, 0.4) is 0 Å². The number of carbonyl (C=O) groups excluding carboxylic acids is 2. The molecule has 4 rings (SSSR count). The quantitative estimate of drug-likeness (QED) is 0.690. The van der Waals surface area contributed by atoms with E-state index in [1.165, 1.54) is 5.01 Å². The van der Waals surface area contributed by atoms with E-state index < -0.39 is 0 Å². The molecular formula is C23H23N5O2. The molecule has 0 unspecified atom stereocenters. The zero-order chi connectivity index (χ0) is 20.9. The van der Waals surface area contributed by atoms with Crippen molar-refractivity contribution in [3.05, 3.63) is 78.1 Å². The summed E-state index contributed by atoms with van der Waals surface area (Å²) < 4.78 is 1.80. The largest absolute Gasteiger partial charge is 0.351 e. The van der Waals surface area contributed by atoms with E-state index in [-0.39, 0.29) is 18.2 Å². The van der Waals surface area contributed by atoms with Gasteiger partial charge in [0, 0.05) is 31.8 Å². The number of hydrogen-bond donors (Lipinski definition) is 1. The van der Waals surface area contributed by atoms with E-state index in [1.807, 2.05) is 67.7 Å². The number of nitrogens with one attached hydrogen (secondary N) is 1. The molecule has 0 saturated heterocycles. The van der Waals surface area contributed by atoms with Gasteiger partial charge < -0.3 is 5.32 Å². The van der Waals surface area contributed by atoms with Crippen LogP contribution < -0.4 is 10.3 Å². The standard InChI is InChI=1S/C23H23N5O2/c1-17-4-2-5-20(16-17)28-22(29)11-10-21(26-28)23(30)24-14-12-18-6-8-19(9-7-18)27-15-3-13-25-27/h2-9,13,15-16H,10-12,14H2,1H3,(H,24,30). The molecular weight excluding hydrogens is 378 g/mol. The number of rotatable bonds is 6. The number of carbonyl (C=O) groups is 2. The van der Waals surface area contributed by atoms with E-state index in [0.29, 0.717) is 30.8 Å². The van der Waals surface area contributed by atoms with Gasteiger partial charge in [0.05, 0.1) is 11.4 Å². The minimum absolute atomic E-state index is 0.102. The maximum Gasteiger partial charge on any atom is 0.267 e. The summed E-state index contributed by atoms with van der Waals surface area (Å²) >= 11 is 0. The lowest BCUT2D eigenvalue weighted by Crippen LogP contribution is -2.39. The molecule has 0 fully saturated rings. The number of benzene rings is 2. The first kappa shape index (κ1) is 19.6. The molecule has 152 valence electrons. The first-order chi connectivity index (χ1) is 14.6. The molecule has 7 nitrogen and oxygen atoms in total. The second-order valence-electron chi connectivity index (χ2n) is 7.21. The molecule has 1 aromatic heterocycles. The molecule has 2 heterocycles. The van der Waals surface area contributed by atoms with Gasteiger partial charge in [-0.2, -0.15) is 10.2 Å². The third-order valence-electron chi connectivity index (χ3n) is 4.95. The van der Waals surface area contributed by atoms with Gasteiger partial charge in [-0.05, 0) is 54.8 Å². The summed E-state index contributed by atoms with van der Waals surface area (Å²) in [5.74, 6) is -0.331. The minimum Gasteiger partial charge on any atom is -0.351 e. The van der Waals surface area contributed by atoms with Crippen molar-refractivity contribution in [1.82, 2.24) is 15.1 Å². The lowest BCUT2D eigenvalue weighted by molar-refractivity contribution is -0.118. The van der Waals surface area contributed by atoms with Crippen LogP contribution in [0.1, 0.15) is 24.0 Å². The van der Waals surface area contributed by atoms with Gasteiger partial charge in [-0.1, -0.05) is 24.3 Å². The fraction of sp³-hybridized carbons (Fsp3) is 0.217. The Bertz CT molecular complexity index is 1070. The van der Waals surface area contributed by atoms with Gasteiger partial charge in [-0.25, -0.2) is 9.69 Å². The lowest BCUT2D eigenvalue weighted by atomic mass is 10.1. The average Bonchev–Trinajstić information content (AvgIpc) is 3.29. The van der Waals surface area contributed by atoms with Crippen LogP contribution in [0.15, 0.2) is 72.1 Å². The normalized spacial score (nSPS) is 13.8. The highest BCUT2D eigenvalue weighted by molar-refractivity contribution is 6.40. The average molecular weight is 401 g/mol. The second-order valence-corrected chi connectivity index (χ2v) is 7.21. The Kier molecular flexibility index (Phi) is 5.70. The predicted octanol–water partition coefficient (Wildman–Crippen LogP) is 3.02. The first-order valence-corrected chi connectivity index (χ1v) is 9.94. The first-order valence-electron chi connectivity index (χ1n) is 9.94. The van der Waals surface area contributed by atoms with Crippen molar-refractivity contribution in [3.8, 4) is 5.69 Å². The van der Waals surface area contributed by atoms with Gasteiger partial charge in [-0.3, -0.25) is 9.59 Å². The van der Waals surface area contributed by atoms with Crippen molar-refractivity contribution in [2.24, 2.45) is 5.10 Å². The van der Waals surface area contributed by atoms with Gasteiger partial charge >= 0.3 is 0 Å². The SMILES string of the molecule is Cc1cccc(N2N=C(C(=O)NCCc3ccc(-n4cccn4)cc3)CCC2=O)c1. The van der Waals surface area contributed by atoms with Crippen molar-refractivity contribution >= 4 is 23.2 Å². The zero-order valence-corrected chi connectivity index (χ0v) is 16.8. The van der Waals surface area contributed by atoms with Crippen molar-refractivity contribution in [3.63, 3.8) is 0 Å². The van der Waals surface area contributed by atoms with Gasteiger partial charge in [0.15, 0.2) is 0 Å². The van der Waals surface area contributed by atoms with Crippen LogP contribution in [0.25, 0.3) is 5.69 Å². The number of nitrogens with zero attached hydrogens (tertiary/aromatic N) is 4. The fourth-order valence-electron chi connectivity index (χ4n) is 3.34. The minimum atomic E-state index is -0.228. The van der Waals surface area contributed by atoms with Crippen LogP contribution in [0.5, 0.6) is 0 Å². The number of hydrogen-bond acceptors (Lipinski definition) is 4. The highest BCUT2D eigenvalue weighted by Gasteiger charge is 2.25. The Hall–Kier alpha value is -3.74. The van der Waals surface area contributed by atoms with Crippen LogP contribution in [0.2, 0.25) is 0 Å². The van der Waals surface area contributed by atoms with Gasteiger partial charge in [-0.15, -0.1) is 0 Å². The summed E-state index contributed by atoms with van der Waals surface area (Å²) in [6, 6.07) is 17.5. The molecule has 0 bridgehead atoms. The maximum atomic E-state index is 12.6. The summed E-state index contributed by atoms with van der Waals surface area (Å²) in [4.78, 5) is 24.8. The molecule has 1 N–H and O–H groups in total. The highest BCUT2D eigenvalue weighted by Crippen LogP contribution is 2.21. The maximum absolute atomic E-state index is 12.6. The molecule has 1 aliphatic heterocycles. The third kappa shape index (κ3) is 4.46. The molecule has 0 aliphatic carbocycles. The molecule has 3 aromatic rings. The fourth-order valence-corrected chi connectivity index (χ4v) is 3.34. The Morgan fingerprint density at radius 3 is 2.63 bits per heavy atom. The Morgan fingerprint density at radius 1 is 1.07 bits per heavy atom. The smallest absolute Gasteiger partial charge is 0.267 e. The summed E-state index contributed by atoms with van der Waals surface area (Å²) in [7, 11) is 0. The van der Waals surface area contributed by atoms with E-state index in [0.717, 1.165) is 16.8 Å². The van der Waals surface area contributed by atoms with E-state index in [4.69, 9.17) is 0 Å². The van der Waals surface area contributed by atoms with Crippen LogP contribution >= 0.6 is 0 Å². The van der Waals surface area contributed by atoms with E-state index in [9.17, 15) is 9.59 Å². The number of aromatic nitrogens is 2. The topological polar surface area (TPSA) is 79.6 Å². The Morgan fingerprint density at radius 2 is 1.90 bits per heavy atom. The number of aryl methyl sites for hydroxylation is 1. The van der Waals surface area contributed by atoms with E-state index in [2.05, 4.69) is 15.5 Å².